The summed E-state index contributed by atoms with van der Waals surface area (Å²) >= 11 is 1.93. The summed E-state index contributed by atoms with van der Waals surface area (Å²) < 4.78 is 0. The monoisotopic (exact) mass is 331 g/mol. The van der Waals surface area contributed by atoms with E-state index in [-0.39, 0.29) is 0 Å². The molecule has 1 aliphatic heterocycles. The number of hydrogen-bond acceptors (Lipinski definition) is 4. The lowest BCUT2D eigenvalue weighted by Crippen LogP contribution is -3.14. The molecule has 3 heterocycles. The Morgan fingerprint density at radius 1 is 1.09 bits per heavy atom. The van der Waals surface area contributed by atoms with Gasteiger partial charge in [0.25, 0.3) is 0 Å². The normalized spacial score (nSPS) is 19.3. The van der Waals surface area contributed by atoms with Gasteiger partial charge in [-0.1, -0.05) is 6.92 Å². The van der Waals surface area contributed by atoms with Crippen LogP contribution in [0.3, 0.4) is 0 Å². The Kier molecular flexibility index (Phi) is 4.24. The summed E-state index contributed by atoms with van der Waals surface area (Å²) in [4.78, 5) is 16.9. The number of quaternary nitrogens is 1. The fraction of sp³-hybridized carbons (Fsp3) is 0.667. The molecule has 4 rings (SSSR count). The summed E-state index contributed by atoms with van der Waals surface area (Å²) in [5.41, 5.74) is 1.57. The molecule has 0 saturated carbocycles. The predicted octanol–water partition coefficient (Wildman–Crippen LogP) is 1.86. The minimum atomic E-state index is 0.922. The smallest absolute Gasteiger partial charge is 0.141 e. The average Bonchev–Trinajstić information content (AvgIpc) is 2.99. The van der Waals surface area contributed by atoms with Gasteiger partial charge in [-0.2, -0.15) is 0 Å². The molecule has 1 fully saturated rings. The molecule has 0 radical (unpaired) electrons. The molecule has 2 aromatic rings. The third kappa shape index (κ3) is 2.74. The highest BCUT2D eigenvalue weighted by Crippen LogP contribution is 2.39. The number of nitrogens with one attached hydrogen (secondary N) is 1. The van der Waals surface area contributed by atoms with E-state index in [1.54, 1.807) is 15.3 Å². The van der Waals surface area contributed by atoms with Crippen LogP contribution in [-0.2, 0) is 19.3 Å². The summed E-state index contributed by atoms with van der Waals surface area (Å²) in [7, 11) is 0. The summed E-state index contributed by atoms with van der Waals surface area (Å²) in [6, 6.07) is 0. The van der Waals surface area contributed by atoms with Gasteiger partial charge in [-0.3, -0.25) is 0 Å². The van der Waals surface area contributed by atoms with Crippen LogP contribution in [0.25, 0.3) is 10.2 Å². The molecular formula is C18H27N4S+. The molecular weight excluding hydrogens is 304 g/mol. The van der Waals surface area contributed by atoms with Crippen LogP contribution in [-0.4, -0.2) is 42.7 Å². The number of hydrogen-bond donors (Lipinski definition) is 1. The first kappa shape index (κ1) is 15.3. The first-order valence-electron chi connectivity index (χ1n) is 9.19. The number of aromatic nitrogens is 2. The van der Waals surface area contributed by atoms with Crippen LogP contribution in [0.2, 0.25) is 0 Å². The maximum absolute atomic E-state index is 4.99. The lowest BCUT2D eigenvalue weighted by atomic mass is 9.97. The van der Waals surface area contributed by atoms with Crippen molar-refractivity contribution in [1.29, 1.82) is 0 Å². The van der Waals surface area contributed by atoms with Crippen LogP contribution in [0, 0.1) is 0 Å². The molecule has 4 nitrogen and oxygen atoms in total. The topological polar surface area (TPSA) is 33.5 Å². The molecule has 1 aliphatic carbocycles. The maximum atomic E-state index is 4.99. The van der Waals surface area contributed by atoms with Gasteiger partial charge in [0.2, 0.25) is 0 Å². The highest BCUT2D eigenvalue weighted by molar-refractivity contribution is 7.19. The molecule has 0 spiro atoms. The molecule has 2 aromatic heterocycles. The van der Waals surface area contributed by atoms with Crippen LogP contribution in [0.15, 0.2) is 0 Å². The van der Waals surface area contributed by atoms with Crippen molar-refractivity contribution in [3.63, 3.8) is 0 Å². The van der Waals surface area contributed by atoms with E-state index in [0.717, 1.165) is 25.3 Å². The van der Waals surface area contributed by atoms with E-state index in [9.17, 15) is 0 Å². The third-order valence-electron chi connectivity index (χ3n) is 5.43. The zero-order chi connectivity index (χ0) is 15.8. The quantitative estimate of drug-likeness (QED) is 0.932. The van der Waals surface area contributed by atoms with Crippen molar-refractivity contribution in [3.8, 4) is 0 Å². The highest BCUT2D eigenvalue weighted by atomic mass is 32.1. The minimum absolute atomic E-state index is 0.922. The molecule has 1 saturated heterocycles. The average molecular weight is 332 g/mol. The Balaban J connectivity index is 1.79. The third-order valence-corrected chi connectivity index (χ3v) is 6.61. The summed E-state index contributed by atoms with van der Waals surface area (Å²) in [5, 5.41) is 1.39. The van der Waals surface area contributed by atoms with E-state index in [0.29, 0.717) is 0 Å². The van der Waals surface area contributed by atoms with Gasteiger partial charge >= 0.3 is 0 Å². The van der Waals surface area contributed by atoms with Crippen molar-refractivity contribution in [2.24, 2.45) is 0 Å². The van der Waals surface area contributed by atoms with Crippen LogP contribution in [0.1, 0.15) is 43.0 Å². The van der Waals surface area contributed by atoms with E-state index in [2.05, 4.69) is 18.7 Å². The molecule has 2 aliphatic rings. The number of thiophene rings is 1. The number of nitrogens with zero attached hydrogens (tertiary/aromatic N) is 3. The molecule has 23 heavy (non-hydrogen) atoms. The zero-order valence-corrected chi connectivity index (χ0v) is 15.1. The lowest BCUT2D eigenvalue weighted by Gasteiger charge is -2.33. The molecule has 0 amide bonds. The Morgan fingerprint density at radius 2 is 1.87 bits per heavy atom. The number of fused-ring (bicyclic) bond motifs is 3. The lowest BCUT2D eigenvalue weighted by molar-refractivity contribution is -0.898. The first-order chi connectivity index (χ1) is 11.3. The fourth-order valence-corrected chi connectivity index (χ4v) is 5.23. The van der Waals surface area contributed by atoms with E-state index in [1.165, 1.54) is 61.4 Å². The molecule has 0 atom stereocenters. The molecule has 0 aromatic carbocycles. The van der Waals surface area contributed by atoms with E-state index in [1.807, 2.05) is 11.3 Å². The predicted molar refractivity (Wildman–Crippen MR) is 96.9 cm³/mol. The van der Waals surface area contributed by atoms with Gasteiger partial charge in [0.15, 0.2) is 0 Å². The van der Waals surface area contributed by atoms with Crippen molar-refractivity contribution in [3.05, 3.63) is 16.3 Å². The minimum Gasteiger partial charge on any atom is -0.345 e. The number of rotatable bonds is 3. The maximum Gasteiger partial charge on any atom is 0.141 e. The summed E-state index contributed by atoms with van der Waals surface area (Å²) in [6.45, 7) is 10.4. The van der Waals surface area contributed by atoms with Gasteiger partial charge in [0.1, 0.15) is 16.5 Å². The Hall–Kier alpha value is -1.20. The van der Waals surface area contributed by atoms with Crippen molar-refractivity contribution < 1.29 is 4.90 Å². The molecule has 0 unspecified atom stereocenters. The molecule has 5 heteroatoms. The van der Waals surface area contributed by atoms with Crippen LogP contribution in [0.4, 0.5) is 5.82 Å². The largest absolute Gasteiger partial charge is 0.345 e. The van der Waals surface area contributed by atoms with Gasteiger partial charge in [-0.15, -0.1) is 11.3 Å². The standard InChI is InChI=1S/C18H26N4S/c1-3-15-19-17(22-11-9-21(4-2)10-12-22)16-13-7-5-6-8-14(13)23-18(16)20-15/h3-12H2,1-2H3/p+1. The first-order valence-corrected chi connectivity index (χ1v) is 10.0. The number of aryl methyl sites for hydroxylation is 3. The van der Waals surface area contributed by atoms with E-state index < -0.39 is 0 Å². The second-order valence-electron chi connectivity index (χ2n) is 6.80. The Labute approximate surface area is 142 Å². The molecule has 124 valence electrons. The van der Waals surface area contributed by atoms with E-state index in [4.69, 9.17) is 9.97 Å². The van der Waals surface area contributed by atoms with Crippen molar-refractivity contribution in [2.75, 3.05) is 37.6 Å². The van der Waals surface area contributed by atoms with Crippen molar-refractivity contribution in [2.45, 2.75) is 46.0 Å². The van der Waals surface area contributed by atoms with Gasteiger partial charge in [0.05, 0.1) is 38.1 Å². The Bertz CT molecular complexity index is 701. The van der Waals surface area contributed by atoms with Crippen LogP contribution < -0.4 is 9.80 Å². The Morgan fingerprint density at radius 3 is 2.61 bits per heavy atom. The van der Waals surface area contributed by atoms with E-state index >= 15 is 0 Å². The van der Waals surface area contributed by atoms with Gasteiger partial charge in [-0.05, 0) is 38.2 Å². The number of likely N-dealkylation sites (N-methyl/N-ethyl adjacent to an activating group) is 1. The van der Waals surface area contributed by atoms with Gasteiger partial charge in [-0.25, -0.2) is 9.97 Å². The summed E-state index contributed by atoms with van der Waals surface area (Å²) in [5.74, 6) is 2.25. The molecule has 0 bridgehead atoms. The van der Waals surface area contributed by atoms with Crippen LogP contribution in [0.5, 0.6) is 0 Å². The van der Waals surface area contributed by atoms with Crippen molar-refractivity contribution in [1.82, 2.24) is 9.97 Å². The van der Waals surface area contributed by atoms with Gasteiger partial charge < -0.3 is 9.80 Å². The highest BCUT2D eigenvalue weighted by Gasteiger charge is 2.26. The summed E-state index contributed by atoms with van der Waals surface area (Å²) in [6.07, 6.45) is 6.04. The van der Waals surface area contributed by atoms with Gasteiger partial charge in [0, 0.05) is 11.3 Å². The second-order valence-corrected chi connectivity index (χ2v) is 7.88. The SMILES string of the molecule is CCc1nc(N2CC[NH+](CC)CC2)c2c3c(sc2n1)CCCC3. The fourth-order valence-electron chi connectivity index (χ4n) is 3.96. The van der Waals surface area contributed by atoms with Crippen LogP contribution >= 0.6 is 11.3 Å². The molecule has 1 N–H and O–H groups in total. The van der Waals surface area contributed by atoms with Crippen molar-refractivity contribution >= 4 is 27.4 Å². The number of piperazine rings is 1. The number of anilines is 1. The second kappa shape index (κ2) is 6.36. The zero-order valence-electron chi connectivity index (χ0n) is 14.3.